The Kier molecular flexibility index (Phi) is 6.26. The molecule has 2 N–H and O–H groups in total. The van der Waals surface area contributed by atoms with Crippen molar-refractivity contribution in [1.82, 2.24) is 0 Å². The van der Waals surface area contributed by atoms with Gasteiger partial charge in [0.2, 0.25) is 6.41 Å². The number of nitrogens with zero attached hydrogens (tertiary/aromatic N) is 2. The van der Waals surface area contributed by atoms with Gasteiger partial charge in [0.15, 0.2) is 0 Å². The number of fused-ring (bicyclic) bond motifs is 1. The van der Waals surface area contributed by atoms with Gasteiger partial charge in [0.25, 0.3) is 0 Å². The van der Waals surface area contributed by atoms with Gasteiger partial charge in [0.05, 0.1) is 10.7 Å². The molecule has 0 saturated heterocycles. The molecule has 8 heteroatoms. The molecule has 3 aromatic carbocycles. The van der Waals surface area contributed by atoms with Crippen LogP contribution in [0.5, 0.6) is 0 Å². The molecule has 142 valence electrons. The smallest absolute Gasteiger partial charge is 0.423 e. The van der Waals surface area contributed by atoms with Crippen LogP contribution in [0.15, 0.2) is 67.0 Å². The lowest BCUT2D eigenvalue weighted by Crippen LogP contribution is -2.32. The minimum absolute atomic E-state index is 0.0594. The number of carbonyl (C=O) groups is 1. The molecule has 1 amide bonds. The summed E-state index contributed by atoms with van der Waals surface area (Å²) in [5.74, 6) is 0. The van der Waals surface area contributed by atoms with E-state index in [1.54, 1.807) is 6.20 Å². The van der Waals surface area contributed by atoms with Gasteiger partial charge < -0.3 is 14.9 Å². The average molecular weight is 415 g/mol. The van der Waals surface area contributed by atoms with Gasteiger partial charge in [-0.3, -0.25) is 9.69 Å². The SMILES string of the molecule is CN(/C=C\N(C=O)c1cc(B(O)O)c(Cl)cc1Cl)c1ccc2ccccc2c1. The van der Waals surface area contributed by atoms with Crippen LogP contribution in [0, 0.1) is 0 Å². The Hall–Kier alpha value is -2.51. The fourth-order valence-corrected chi connectivity index (χ4v) is 3.35. The van der Waals surface area contributed by atoms with Crippen molar-refractivity contribution in [1.29, 1.82) is 0 Å². The van der Waals surface area contributed by atoms with Gasteiger partial charge in [0, 0.05) is 35.6 Å². The molecule has 0 heterocycles. The first-order valence-corrected chi connectivity index (χ1v) is 9.15. The zero-order chi connectivity index (χ0) is 20.3. The minimum atomic E-state index is -1.78. The molecule has 3 aromatic rings. The summed E-state index contributed by atoms with van der Waals surface area (Å²) in [7, 11) is 0.0805. The Labute approximate surface area is 173 Å². The molecule has 0 spiro atoms. The molecular formula is C20H17BCl2N2O3. The van der Waals surface area contributed by atoms with E-state index in [0.29, 0.717) is 6.41 Å². The summed E-state index contributed by atoms with van der Waals surface area (Å²) >= 11 is 12.1. The molecule has 0 aliphatic carbocycles. The van der Waals surface area contributed by atoms with E-state index in [1.807, 2.05) is 54.4 Å². The first-order chi connectivity index (χ1) is 13.4. The Morgan fingerprint density at radius 1 is 0.929 bits per heavy atom. The molecule has 0 bridgehead atoms. The number of hydrogen-bond acceptors (Lipinski definition) is 4. The monoisotopic (exact) mass is 414 g/mol. The number of carbonyl (C=O) groups excluding carboxylic acids is 1. The van der Waals surface area contributed by atoms with Crippen molar-refractivity contribution in [3.05, 3.63) is 77.0 Å². The summed E-state index contributed by atoms with van der Waals surface area (Å²) in [5.41, 5.74) is 1.28. The zero-order valence-electron chi connectivity index (χ0n) is 15.0. The number of halogens is 2. The van der Waals surface area contributed by atoms with Crippen molar-refractivity contribution in [2.75, 3.05) is 16.8 Å². The standard InChI is InChI=1S/C20H17BCl2N2O3/c1-24(16-7-6-14-4-2-3-5-15(14)10-16)8-9-25(13-26)20-11-17(21(27)28)18(22)12-19(20)23/h2-13,27-28H,1H3/b9-8-. The maximum atomic E-state index is 11.6. The van der Waals surface area contributed by atoms with Crippen LogP contribution in [0.1, 0.15) is 0 Å². The molecule has 0 fully saturated rings. The second-order valence-electron chi connectivity index (χ2n) is 6.15. The van der Waals surface area contributed by atoms with E-state index in [9.17, 15) is 14.8 Å². The fraction of sp³-hybridized carbons (Fsp3) is 0.0500. The highest BCUT2D eigenvalue weighted by Gasteiger charge is 2.19. The number of amides is 1. The summed E-state index contributed by atoms with van der Waals surface area (Å²) in [6, 6.07) is 16.8. The van der Waals surface area contributed by atoms with Crippen LogP contribution in [0.3, 0.4) is 0 Å². The molecule has 0 saturated carbocycles. The van der Waals surface area contributed by atoms with E-state index in [2.05, 4.69) is 0 Å². The largest absolute Gasteiger partial charge is 0.490 e. The molecule has 0 aliphatic heterocycles. The predicted molar refractivity (Wildman–Crippen MR) is 116 cm³/mol. The number of benzene rings is 3. The Bertz CT molecular complexity index is 1040. The van der Waals surface area contributed by atoms with E-state index >= 15 is 0 Å². The van der Waals surface area contributed by atoms with Gasteiger partial charge in [-0.25, -0.2) is 0 Å². The Morgan fingerprint density at radius 3 is 2.32 bits per heavy atom. The predicted octanol–water partition coefficient (Wildman–Crippen LogP) is 3.40. The molecule has 5 nitrogen and oxygen atoms in total. The number of anilines is 2. The molecule has 0 radical (unpaired) electrons. The van der Waals surface area contributed by atoms with Crippen LogP contribution < -0.4 is 15.3 Å². The molecule has 0 atom stereocenters. The van der Waals surface area contributed by atoms with Gasteiger partial charge >= 0.3 is 7.12 Å². The molecular weight excluding hydrogens is 398 g/mol. The van der Waals surface area contributed by atoms with Gasteiger partial charge in [-0.1, -0.05) is 53.5 Å². The molecule has 28 heavy (non-hydrogen) atoms. The number of rotatable bonds is 6. The second kappa shape index (κ2) is 8.67. The van der Waals surface area contributed by atoms with Crippen molar-refractivity contribution < 1.29 is 14.8 Å². The van der Waals surface area contributed by atoms with E-state index < -0.39 is 7.12 Å². The van der Waals surface area contributed by atoms with Gasteiger partial charge in [0.1, 0.15) is 0 Å². The van der Waals surface area contributed by atoms with E-state index in [4.69, 9.17) is 23.2 Å². The van der Waals surface area contributed by atoms with Crippen molar-refractivity contribution in [3.63, 3.8) is 0 Å². The van der Waals surface area contributed by atoms with Crippen molar-refractivity contribution in [2.45, 2.75) is 0 Å². The van der Waals surface area contributed by atoms with Crippen LogP contribution in [-0.4, -0.2) is 30.6 Å². The quantitative estimate of drug-likeness (QED) is 0.479. The topological polar surface area (TPSA) is 64.0 Å². The Morgan fingerprint density at radius 2 is 1.64 bits per heavy atom. The molecule has 0 aromatic heterocycles. The highest BCUT2D eigenvalue weighted by atomic mass is 35.5. The molecule has 3 rings (SSSR count). The van der Waals surface area contributed by atoms with E-state index in [0.717, 1.165) is 16.5 Å². The lowest BCUT2D eigenvalue weighted by atomic mass is 9.80. The third-order valence-corrected chi connectivity index (χ3v) is 4.96. The van der Waals surface area contributed by atoms with Crippen molar-refractivity contribution in [2.24, 2.45) is 0 Å². The van der Waals surface area contributed by atoms with Gasteiger partial charge in [-0.05, 0) is 35.0 Å². The van der Waals surface area contributed by atoms with Crippen LogP contribution in [0.25, 0.3) is 10.8 Å². The highest BCUT2D eigenvalue weighted by molar-refractivity contribution is 6.63. The first-order valence-electron chi connectivity index (χ1n) is 8.39. The fourth-order valence-electron chi connectivity index (χ4n) is 2.78. The van der Waals surface area contributed by atoms with E-state index in [-0.39, 0.29) is 21.2 Å². The molecule has 0 unspecified atom stereocenters. The maximum Gasteiger partial charge on any atom is 0.490 e. The summed E-state index contributed by atoms with van der Waals surface area (Å²) in [6.07, 6.45) is 3.82. The lowest BCUT2D eigenvalue weighted by Gasteiger charge is -2.19. The van der Waals surface area contributed by atoms with Crippen LogP contribution in [0.4, 0.5) is 11.4 Å². The summed E-state index contributed by atoms with van der Waals surface area (Å²) in [4.78, 5) is 14.7. The molecule has 0 aliphatic rings. The zero-order valence-corrected chi connectivity index (χ0v) is 16.5. The first kappa shape index (κ1) is 20.2. The summed E-state index contributed by atoms with van der Waals surface area (Å²) in [5, 5.41) is 21.4. The van der Waals surface area contributed by atoms with Crippen LogP contribution in [-0.2, 0) is 4.79 Å². The minimum Gasteiger partial charge on any atom is -0.423 e. The Balaban J connectivity index is 1.88. The highest BCUT2D eigenvalue weighted by Crippen LogP contribution is 2.28. The second-order valence-corrected chi connectivity index (χ2v) is 6.97. The summed E-state index contributed by atoms with van der Waals surface area (Å²) in [6.45, 7) is 0. The van der Waals surface area contributed by atoms with Crippen molar-refractivity contribution in [3.8, 4) is 0 Å². The van der Waals surface area contributed by atoms with Crippen molar-refractivity contribution >= 4 is 64.3 Å². The van der Waals surface area contributed by atoms with Gasteiger partial charge in [-0.15, -0.1) is 0 Å². The van der Waals surface area contributed by atoms with Gasteiger partial charge in [-0.2, -0.15) is 0 Å². The summed E-state index contributed by atoms with van der Waals surface area (Å²) < 4.78 is 0. The van der Waals surface area contributed by atoms with E-state index in [1.165, 1.54) is 23.2 Å². The van der Waals surface area contributed by atoms with Crippen LogP contribution >= 0.6 is 23.2 Å². The average Bonchev–Trinajstić information content (AvgIpc) is 2.68. The third-order valence-electron chi connectivity index (χ3n) is 4.33. The normalized spacial score (nSPS) is 11.0. The third kappa shape index (κ3) is 4.31. The maximum absolute atomic E-state index is 11.6. The number of hydrogen-bond donors (Lipinski definition) is 2. The lowest BCUT2D eigenvalue weighted by molar-refractivity contribution is -0.106. The van der Waals surface area contributed by atoms with Crippen LogP contribution in [0.2, 0.25) is 10.0 Å².